The smallest absolute Gasteiger partial charge is 0.231 e. The summed E-state index contributed by atoms with van der Waals surface area (Å²) in [5.41, 5.74) is 3.25. The third-order valence-corrected chi connectivity index (χ3v) is 5.23. The second-order valence-corrected chi connectivity index (χ2v) is 7.35. The van der Waals surface area contributed by atoms with Gasteiger partial charge in [0.15, 0.2) is 5.76 Å². The molecule has 0 N–H and O–H groups in total. The normalized spacial score (nSPS) is 17.9. The largest absolute Gasteiger partial charge is 0.477 e. The van der Waals surface area contributed by atoms with E-state index in [-0.39, 0.29) is 5.78 Å². The molecule has 5 heteroatoms. The average molecular weight is 370 g/mol. The minimum absolute atomic E-state index is 0.118. The molecule has 2 aromatic rings. The van der Waals surface area contributed by atoms with Gasteiger partial charge in [-0.3, -0.25) is 9.69 Å². The van der Waals surface area contributed by atoms with Crippen LogP contribution in [0.25, 0.3) is 6.08 Å². The summed E-state index contributed by atoms with van der Waals surface area (Å²) in [5.74, 6) is 1.59. The lowest BCUT2D eigenvalue weighted by molar-refractivity contribution is 0.0678. The van der Waals surface area contributed by atoms with Crippen LogP contribution in [0.15, 0.2) is 36.1 Å². The van der Waals surface area contributed by atoms with Crippen molar-refractivity contribution in [1.82, 2.24) is 4.90 Å². The second-order valence-electron chi connectivity index (χ2n) is 6.94. The Bertz CT molecular complexity index is 933. The number of benzene rings is 2. The molecule has 0 saturated heterocycles. The maximum absolute atomic E-state index is 12.9. The average Bonchev–Trinajstić information content (AvgIpc) is 2.93. The molecule has 0 saturated carbocycles. The van der Waals surface area contributed by atoms with Gasteiger partial charge in [-0.1, -0.05) is 29.8 Å². The summed E-state index contributed by atoms with van der Waals surface area (Å²) in [6.45, 7) is 7.51. The van der Waals surface area contributed by atoms with Gasteiger partial charge in [-0.05, 0) is 44.5 Å². The van der Waals surface area contributed by atoms with Crippen LogP contribution in [-0.2, 0) is 6.54 Å². The number of ketones is 1. The van der Waals surface area contributed by atoms with Crippen molar-refractivity contribution >= 4 is 23.5 Å². The van der Waals surface area contributed by atoms with Gasteiger partial charge in [0.25, 0.3) is 0 Å². The number of hydrogen-bond donors (Lipinski definition) is 0. The fourth-order valence-electron chi connectivity index (χ4n) is 3.33. The third-order valence-electron chi connectivity index (χ3n) is 4.89. The zero-order valence-corrected chi connectivity index (χ0v) is 15.8. The number of halogens is 1. The van der Waals surface area contributed by atoms with Crippen LogP contribution in [0.1, 0.15) is 40.9 Å². The fourth-order valence-corrected chi connectivity index (χ4v) is 3.52. The van der Waals surface area contributed by atoms with Crippen LogP contribution in [-0.4, -0.2) is 23.5 Å². The maximum atomic E-state index is 12.9. The van der Waals surface area contributed by atoms with Gasteiger partial charge in [-0.2, -0.15) is 0 Å². The van der Waals surface area contributed by atoms with Crippen molar-refractivity contribution in [2.75, 3.05) is 6.73 Å². The van der Waals surface area contributed by atoms with Crippen molar-refractivity contribution in [1.29, 1.82) is 0 Å². The predicted octanol–water partition coefficient (Wildman–Crippen LogP) is 4.82. The Hall–Kier alpha value is -2.30. The Balaban J connectivity index is 1.74. The molecule has 2 heterocycles. The van der Waals surface area contributed by atoms with Crippen LogP contribution in [0.2, 0.25) is 5.02 Å². The standard InChI is InChI=1S/C21H20ClNO3/c1-12(2)23-10-15-8-16-19(24)18(9-14-6-4-5-7-17(14)22)26-21(16)13(3)20(15)25-11-23/h4-9,12H,10-11H2,1-3H3/b18-9-. The van der Waals surface area contributed by atoms with Crippen LogP contribution < -0.4 is 9.47 Å². The lowest BCUT2D eigenvalue weighted by atomic mass is 9.99. The second kappa shape index (κ2) is 6.45. The molecule has 0 amide bonds. The van der Waals surface area contributed by atoms with E-state index in [4.69, 9.17) is 21.1 Å². The summed E-state index contributed by atoms with van der Waals surface area (Å²) in [7, 11) is 0. The third kappa shape index (κ3) is 2.79. The highest BCUT2D eigenvalue weighted by Gasteiger charge is 2.34. The summed E-state index contributed by atoms with van der Waals surface area (Å²) >= 11 is 6.21. The topological polar surface area (TPSA) is 38.8 Å². The van der Waals surface area contributed by atoms with E-state index >= 15 is 0 Å². The number of Topliss-reactive ketones (excluding diaryl/α,β-unsaturated/α-hetero) is 1. The molecule has 0 fully saturated rings. The van der Waals surface area contributed by atoms with E-state index in [0.717, 1.165) is 29.0 Å². The fraction of sp³-hybridized carbons (Fsp3) is 0.286. The Labute approximate surface area is 158 Å². The number of allylic oxidation sites excluding steroid dienone is 1. The molecule has 0 aromatic heterocycles. The molecule has 0 radical (unpaired) electrons. The molecule has 0 bridgehead atoms. The van der Waals surface area contributed by atoms with Crippen LogP contribution in [0.3, 0.4) is 0 Å². The maximum Gasteiger partial charge on any atom is 0.231 e. The Morgan fingerprint density at radius 2 is 2.00 bits per heavy atom. The van der Waals surface area contributed by atoms with Gasteiger partial charge < -0.3 is 9.47 Å². The zero-order valence-electron chi connectivity index (χ0n) is 15.0. The number of nitrogens with zero attached hydrogens (tertiary/aromatic N) is 1. The number of carbonyl (C=O) groups is 1. The number of ether oxygens (including phenoxy) is 2. The van der Waals surface area contributed by atoms with E-state index in [1.165, 1.54) is 0 Å². The number of hydrogen-bond acceptors (Lipinski definition) is 4. The minimum atomic E-state index is -0.118. The molecule has 0 unspecified atom stereocenters. The summed E-state index contributed by atoms with van der Waals surface area (Å²) in [4.78, 5) is 15.1. The van der Waals surface area contributed by atoms with Crippen molar-refractivity contribution in [2.45, 2.75) is 33.4 Å². The lowest BCUT2D eigenvalue weighted by Gasteiger charge is -2.32. The van der Waals surface area contributed by atoms with E-state index in [1.54, 1.807) is 12.1 Å². The summed E-state index contributed by atoms with van der Waals surface area (Å²) in [5, 5.41) is 0.583. The highest BCUT2D eigenvalue weighted by atomic mass is 35.5. The van der Waals surface area contributed by atoms with E-state index in [2.05, 4.69) is 18.7 Å². The summed E-state index contributed by atoms with van der Waals surface area (Å²) < 4.78 is 11.9. The van der Waals surface area contributed by atoms with Gasteiger partial charge in [0.2, 0.25) is 5.78 Å². The quantitative estimate of drug-likeness (QED) is 0.711. The minimum Gasteiger partial charge on any atom is -0.477 e. The van der Waals surface area contributed by atoms with E-state index in [9.17, 15) is 4.79 Å². The van der Waals surface area contributed by atoms with Gasteiger partial charge in [0, 0.05) is 28.7 Å². The Kier molecular flexibility index (Phi) is 4.25. The van der Waals surface area contributed by atoms with Crippen LogP contribution in [0, 0.1) is 6.92 Å². The first-order valence-corrected chi connectivity index (χ1v) is 9.05. The molecule has 2 aliphatic rings. The first-order valence-electron chi connectivity index (χ1n) is 8.68. The van der Waals surface area contributed by atoms with Gasteiger partial charge in [0.05, 0.1) is 5.56 Å². The molecular weight excluding hydrogens is 350 g/mol. The molecule has 4 nitrogen and oxygen atoms in total. The van der Waals surface area contributed by atoms with Gasteiger partial charge in [0.1, 0.15) is 18.2 Å². The van der Waals surface area contributed by atoms with Crippen molar-refractivity contribution in [2.24, 2.45) is 0 Å². The van der Waals surface area contributed by atoms with Gasteiger partial charge >= 0.3 is 0 Å². The highest BCUT2D eigenvalue weighted by molar-refractivity contribution is 6.32. The molecule has 0 atom stereocenters. The van der Waals surface area contributed by atoms with Gasteiger partial charge in [-0.15, -0.1) is 0 Å². The summed E-state index contributed by atoms with van der Waals surface area (Å²) in [6, 6.07) is 9.66. The molecular formula is C21H20ClNO3. The molecule has 134 valence electrons. The number of rotatable bonds is 2. The molecule has 2 aromatic carbocycles. The van der Waals surface area contributed by atoms with Crippen LogP contribution in [0.4, 0.5) is 0 Å². The summed E-state index contributed by atoms with van der Waals surface area (Å²) in [6.07, 6.45) is 1.70. The predicted molar refractivity (Wildman–Crippen MR) is 102 cm³/mol. The Morgan fingerprint density at radius 1 is 1.23 bits per heavy atom. The molecule has 0 aliphatic carbocycles. The van der Waals surface area contributed by atoms with Crippen molar-refractivity contribution in [3.63, 3.8) is 0 Å². The zero-order chi connectivity index (χ0) is 18.4. The first kappa shape index (κ1) is 17.1. The molecule has 2 aliphatic heterocycles. The van der Waals surface area contributed by atoms with Gasteiger partial charge in [-0.25, -0.2) is 0 Å². The number of fused-ring (bicyclic) bond motifs is 2. The van der Waals surface area contributed by atoms with E-state index < -0.39 is 0 Å². The van der Waals surface area contributed by atoms with E-state index in [0.29, 0.717) is 34.9 Å². The molecule has 4 rings (SSSR count). The Morgan fingerprint density at radius 3 is 2.73 bits per heavy atom. The van der Waals surface area contributed by atoms with Crippen molar-refractivity contribution in [3.05, 3.63) is 63.4 Å². The first-order chi connectivity index (χ1) is 12.5. The van der Waals surface area contributed by atoms with Crippen LogP contribution >= 0.6 is 11.6 Å². The van der Waals surface area contributed by atoms with Crippen molar-refractivity contribution < 1.29 is 14.3 Å². The molecule has 26 heavy (non-hydrogen) atoms. The van der Waals surface area contributed by atoms with E-state index in [1.807, 2.05) is 31.2 Å². The number of carbonyl (C=O) groups excluding carboxylic acids is 1. The van der Waals surface area contributed by atoms with Crippen LogP contribution in [0.5, 0.6) is 11.5 Å². The monoisotopic (exact) mass is 369 g/mol. The molecule has 0 spiro atoms. The highest BCUT2D eigenvalue weighted by Crippen LogP contribution is 2.43. The SMILES string of the molecule is Cc1c2c(cc3c1O/C(=C\c1ccccc1Cl)C3=O)CN(C(C)C)CO2. The van der Waals surface area contributed by atoms with Crippen molar-refractivity contribution in [3.8, 4) is 11.5 Å². The lowest BCUT2D eigenvalue weighted by Crippen LogP contribution is -2.37.